The maximum absolute atomic E-state index is 4.17. The van der Waals surface area contributed by atoms with Gasteiger partial charge in [-0.1, -0.05) is 6.07 Å². The molecule has 2 rings (SSSR count). The minimum absolute atomic E-state index is 0.313. The van der Waals surface area contributed by atoms with Crippen molar-refractivity contribution < 1.29 is 0 Å². The van der Waals surface area contributed by atoms with Gasteiger partial charge < -0.3 is 5.32 Å². The lowest BCUT2D eigenvalue weighted by atomic mass is 10.1. The molecule has 0 aliphatic carbocycles. The van der Waals surface area contributed by atoms with Crippen LogP contribution in [0.4, 0.5) is 0 Å². The Morgan fingerprint density at radius 3 is 2.56 bits per heavy atom. The fourth-order valence-electron chi connectivity index (χ4n) is 2.27. The molecular weight excluding hydrogens is 240 g/mol. The fraction of sp³-hybridized carbons (Fsp3) is 0.400. The molecule has 3 heteroatoms. The molecule has 2 nitrogen and oxygen atoms in total. The third-order valence-electron chi connectivity index (χ3n) is 3.23. The molecule has 0 radical (unpaired) electrons. The van der Waals surface area contributed by atoms with Gasteiger partial charge in [0, 0.05) is 34.2 Å². The Morgan fingerprint density at radius 2 is 2.00 bits per heavy atom. The summed E-state index contributed by atoms with van der Waals surface area (Å²) in [4.78, 5) is 6.96. The van der Waals surface area contributed by atoms with Gasteiger partial charge >= 0.3 is 0 Å². The monoisotopic (exact) mass is 260 g/mol. The van der Waals surface area contributed by atoms with Crippen LogP contribution in [0, 0.1) is 13.8 Å². The van der Waals surface area contributed by atoms with E-state index in [1.165, 1.54) is 20.9 Å². The van der Waals surface area contributed by atoms with Gasteiger partial charge in [-0.3, -0.25) is 4.98 Å². The first kappa shape index (κ1) is 13.2. The van der Waals surface area contributed by atoms with Gasteiger partial charge in [-0.05, 0) is 51.0 Å². The van der Waals surface area contributed by atoms with Crippen molar-refractivity contribution in [1.82, 2.24) is 10.3 Å². The highest BCUT2D eigenvalue weighted by Crippen LogP contribution is 2.27. The van der Waals surface area contributed by atoms with E-state index in [-0.39, 0.29) is 0 Å². The number of pyridine rings is 1. The van der Waals surface area contributed by atoms with Crippen molar-refractivity contribution in [2.24, 2.45) is 0 Å². The Balaban J connectivity index is 2.08. The standard InChI is InChI=1S/C15H20N2S/c1-10-8-15(13(4)18-10)12(3)17-11(2)14-6-5-7-16-9-14/h5-9,11-12,17H,1-4H3/t11-,12?/m1/s1. The van der Waals surface area contributed by atoms with Crippen molar-refractivity contribution in [1.29, 1.82) is 0 Å². The van der Waals surface area contributed by atoms with Crippen molar-refractivity contribution in [2.45, 2.75) is 39.8 Å². The minimum Gasteiger partial charge on any atom is -0.304 e. The van der Waals surface area contributed by atoms with Crippen LogP contribution in [-0.2, 0) is 0 Å². The number of aryl methyl sites for hydroxylation is 2. The Morgan fingerprint density at radius 1 is 1.22 bits per heavy atom. The van der Waals surface area contributed by atoms with E-state index in [0.717, 1.165) is 0 Å². The first-order chi connectivity index (χ1) is 8.58. The maximum Gasteiger partial charge on any atom is 0.0315 e. The van der Waals surface area contributed by atoms with Gasteiger partial charge in [-0.25, -0.2) is 0 Å². The van der Waals surface area contributed by atoms with Crippen LogP contribution in [0.25, 0.3) is 0 Å². The third kappa shape index (κ3) is 2.98. The highest BCUT2D eigenvalue weighted by molar-refractivity contribution is 7.12. The van der Waals surface area contributed by atoms with Crippen molar-refractivity contribution in [3.63, 3.8) is 0 Å². The third-order valence-corrected chi connectivity index (χ3v) is 4.21. The topological polar surface area (TPSA) is 24.9 Å². The van der Waals surface area contributed by atoms with E-state index in [1.807, 2.05) is 29.8 Å². The van der Waals surface area contributed by atoms with E-state index in [4.69, 9.17) is 0 Å². The number of nitrogens with one attached hydrogen (secondary N) is 1. The van der Waals surface area contributed by atoms with Gasteiger partial charge in [-0.2, -0.15) is 0 Å². The maximum atomic E-state index is 4.17. The lowest BCUT2D eigenvalue weighted by molar-refractivity contribution is 0.493. The van der Waals surface area contributed by atoms with Gasteiger partial charge in [0.15, 0.2) is 0 Å². The van der Waals surface area contributed by atoms with Crippen LogP contribution in [0.2, 0.25) is 0 Å². The first-order valence-corrected chi connectivity index (χ1v) is 7.12. The van der Waals surface area contributed by atoms with E-state index in [1.54, 1.807) is 0 Å². The Labute approximate surface area is 113 Å². The Bertz CT molecular complexity index is 504. The molecule has 2 heterocycles. The van der Waals surface area contributed by atoms with Crippen molar-refractivity contribution in [2.75, 3.05) is 0 Å². The molecule has 0 aliphatic rings. The second kappa shape index (κ2) is 5.63. The lowest BCUT2D eigenvalue weighted by Crippen LogP contribution is -2.22. The zero-order valence-electron chi connectivity index (χ0n) is 11.4. The van der Waals surface area contributed by atoms with Crippen LogP contribution >= 0.6 is 11.3 Å². The van der Waals surface area contributed by atoms with Crippen LogP contribution in [0.15, 0.2) is 30.6 Å². The molecule has 0 fully saturated rings. The van der Waals surface area contributed by atoms with Gasteiger partial charge in [0.2, 0.25) is 0 Å². The molecular formula is C15H20N2S. The molecule has 0 saturated heterocycles. The average Bonchev–Trinajstić information content (AvgIpc) is 2.69. The lowest BCUT2D eigenvalue weighted by Gasteiger charge is -2.20. The Kier molecular flexibility index (Phi) is 4.15. The molecule has 1 N–H and O–H groups in total. The van der Waals surface area contributed by atoms with Gasteiger partial charge in [-0.15, -0.1) is 11.3 Å². The normalized spacial score (nSPS) is 14.4. The summed E-state index contributed by atoms with van der Waals surface area (Å²) in [5.41, 5.74) is 2.64. The van der Waals surface area contributed by atoms with E-state index in [0.29, 0.717) is 12.1 Å². The number of nitrogens with zero attached hydrogens (tertiary/aromatic N) is 1. The van der Waals surface area contributed by atoms with Crippen molar-refractivity contribution >= 4 is 11.3 Å². The molecule has 2 atom stereocenters. The number of aromatic nitrogens is 1. The van der Waals surface area contributed by atoms with Crippen LogP contribution < -0.4 is 5.32 Å². The minimum atomic E-state index is 0.313. The summed E-state index contributed by atoms with van der Waals surface area (Å²) in [5, 5.41) is 3.63. The largest absolute Gasteiger partial charge is 0.304 e. The molecule has 0 amide bonds. The summed E-state index contributed by atoms with van der Waals surface area (Å²) in [6.45, 7) is 8.77. The number of hydrogen-bond donors (Lipinski definition) is 1. The molecule has 96 valence electrons. The molecule has 0 spiro atoms. The fourth-order valence-corrected chi connectivity index (χ4v) is 3.30. The SMILES string of the molecule is Cc1cc(C(C)N[C@H](C)c2cccnc2)c(C)s1. The summed E-state index contributed by atoms with van der Waals surface area (Å²) < 4.78 is 0. The van der Waals surface area contributed by atoms with Crippen molar-refractivity contribution in [3.05, 3.63) is 51.5 Å². The Hall–Kier alpha value is -1.19. The summed E-state index contributed by atoms with van der Waals surface area (Å²) >= 11 is 1.87. The zero-order valence-corrected chi connectivity index (χ0v) is 12.2. The summed E-state index contributed by atoms with van der Waals surface area (Å²) in [7, 11) is 0. The molecule has 2 aromatic heterocycles. The summed E-state index contributed by atoms with van der Waals surface area (Å²) in [6, 6.07) is 7.06. The number of rotatable bonds is 4. The number of hydrogen-bond acceptors (Lipinski definition) is 3. The quantitative estimate of drug-likeness (QED) is 0.892. The first-order valence-electron chi connectivity index (χ1n) is 6.31. The highest BCUT2D eigenvalue weighted by atomic mass is 32.1. The van der Waals surface area contributed by atoms with Gasteiger partial charge in [0.1, 0.15) is 0 Å². The second-order valence-corrected chi connectivity index (χ2v) is 6.23. The molecule has 18 heavy (non-hydrogen) atoms. The average molecular weight is 260 g/mol. The molecule has 0 aromatic carbocycles. The van der Waals surface area contributed by atoms with E-state index < -0.39 is 0 Å². The highest BCUT2D eigenvalue weighted by Gasteiger charge is 2.14. The van der Waals surface area contributed by atoms with E-state index in [2.05, 4.69) is 50.1 Å². The van der Waals surface area contributed by atoms with Gasteiger partial charge in [0.25, 0.3) is 0 Å². The molecule has 0 saturated carbocycles. The molecule has 1 unspecified atom stereocenters. The molecule has 2 aromatic rings. The van der Waals surface area contributed by atoms with Crippen LogP contribution in [0.3, 0.4) is 0 Å². The predicted octanol–water partition coefficient (Wildman–Crippen LogP) is 4.17. The molecule has 0 bridgehead atoms. The predicted molar refractivity (Wildman–Crippen MR) is 78.0 cm³/mol. The zero-order chi connectivity index (χ0) is 13.1. The van der Waals surface area contributed by atoms with Crippen LogP contribution in [0.5, 0.6) is 0 Å². The van der Waals surface area contributed by atoms with Crippen LogP contribution in [-0.4, -0.2) is 4.98 Å². The van der Waals surface area contributed by atoms with Gasteiger partial charge in [0.05, 0.1) is 0 Å². The van der Waals surface area contributed by atoms with E-state index >= 15 is 0 Å². The summed E-state index contributed by atoms with van der Waals surface area (Å²) in [5.74, 6) is 0. The summed E-state index contributed by atoms with van der Waals surface area (Å²) in [6.07, 6.45) is 3.74. The number of thiophene rings is 1. The van der Waals surface area contributed by atoms with E-state index in [9.17, 15) is 0 Å². The van der Waals surface area contributed by atoms with Crippen LogP contribution in [0.1, 0.15) is 46.8 Å². The second-order valence-electron chi connectivity index (χ2n) is 4.76. The van der Waals surface area contributed by atoms with Crippen molar-refractivity contribution in [3.8, 4) is 0 Å². The smallest absolute Gasteiger partial charge is 0.0315 e. The molecule has 0 aliphatic heterocycles.